The third-order valence-corrected chi connectivity index (χ3v) is 5.88. The highest BCUT2D eigenvalue weighted by Gasteiger charge is 2.35. The number of ether oxygens (including phenoxy) is 1. The lowest BCUT2D eigenvalue weighted by Crippen LogP contribution is -3.14. The molecule has 1 aliphatic rings. The molecule has 0 radical (unpaired) electrons. The second-order valence-corrected chi connectivity index (χ2v) is 8.03. The van der Waals surface area contributed by atoms with E-state index < -0.39 is 0 Å². The van der Waals surface area contributed by atoms with E-state index in [0.29, 0.717) is 31.1 Å². The van der Waals surface area contributed by atoms with Gasteiger partial charge in [-0.25, -0.2) is 4.68 Å². The highest BCUT2D eigenvalue weighted by Crippen LogP contribution is 2.20. The van der Waals surface area contributed by atoms with Crippen LogP contribution in [0.5, 0.6) is 0 Å². The third-order valence-electron chi connectivity index (χ3n) is 5.88. The Hall–Kier alpha value is -3.36. The van der Waals surface area contributed by atoms with Crippen LogP contribution < -0.4 is 10.5 Å². The van der Waals surface area contributed by atoms with Gasteiger partial charge in [-0.3, -0.25) is 4.79 Å². The Balaban J connectivity index is 1.63. The Labute approximate surface area is 179 Å². The maximum absolute atomic E-state index is 13.2. The van der Waals surface area contributed by atoms with Crippen molar-refractivity contribution in [2.45, 2.75) is 19.5 Å². The number of aryl methyl sites for hydroxylation is 1. The van der Waals surface area contributed by atoms with Crippen molar-refractivity contribution in [3.8, 4) is 0 Å². The third kappa shape index (κ3) is 3.99. The summed E-state index contributed by atoms with van der Waals surface area (Å²) >= 11 is 0. The van der Waals surface area contributed by atoms with Crippen molar-refractivity contribution in [1.29, 1.82) is 0 Å². The van der Waals surface area contributed by atoms with Crippen LogP contribution in [0, 0.1) is 6.92 Å². The summed E-state index contributed by atoms with van der Waals surface area (Å²) in [6.45, 7) is 5.47. The minimum absolute atomic E-state index is 0.102. The highest BCUT2D eigenvalue weighted by atomic mass is 16.5. The van der Waals surface area contributed by atoms with Gasteiger partial charge in [0, 0.05) is 5.52 Å². The number of nitrogens with one attached hydrogen (secondary N) is 2. The van der Waals surface area contributed by atoms with Gasteiger partial charge in [0.05, 0.1) is 25.3 Å². The summed E-state index contributed by atoms with van der Waals surface area (Å²) in [5, 5.41) is 13.6. The molecule has 158 valence electrons. The quantitative estimate of drug-likeness (QED) is 0.503. The standard InChI is InChI=1S/C23H24N6O2/c1-16-7-8-20-18(13-16)14-19(23(30)24-20)21(28-9-11-31-12-10-28)22-25-26-27-29(22)15-17-5-3-2-4-6-17/h2-8,13-14,21H,9-12,15H2,1H3,(H,24,30)/p+1/t21-/m1/s1. The van der Waals surface area contributed by atoms with Crippen LogP contribution in [0.4, 0.5) is 0 Å². The van der Waals surface area contributed by atoms with Crippen LogP contribution in [0.2, 0.25) is 0 Å². The fourth-order valence-electron chi connectivity index (χ4n) is 4.31. The molecule has 1 fully saturated rings. The Bertz CT molecular complexity index is 1240. The van der Waals surface area contributed by atoms with Crippen LogP contribution in [-0.4, -0.2) is 51.5 Å². The monoisotopic (exact) mass is 417 g/mol. The minimum Gasteiger partial charge on any atom is -0.370 e. The van der Waals surface area contributed by atoms with Crippen molar-refractivity contribution in [2.75, 3.05) is 26.3 Å². The summed E-state index contributed by atoms with van der Waals surface area (Å²) in [4.78, 5) is 17.5. The molecule has 31 heavy (non-hydrogen) atoms. The lowest BCUT2D eigenvalue weighted by Gasteiger charge is -2.30. The van der Waals surface area contributed by atoms with Crippen LogP contribution in [-0.2, 0) is 11.3 Å². The predicted octanol–water partition coefficient (Wildman–Crippen LogP) is 0.876. The summed E-state index contributed by atoms with van der Waals surface area (Å²) in [5.74, 6) is 0.693. The summed E-state index contributed by atoms with van der Waals surface area (Å²) in [5.41, 5.74) is 3.66. The summed E-state index contributed by atoms with van der Waals surface area (Å²) in [6.07, 6.45) is 0. The number of aromatic amines is 1. The van der Waals surface area contributed by atoms with E-state index in [1.807, 2.05) is 53.2 Å². The Morgan fingerprint density at radius 2 is 1.94 bits per heavy atom. The van der Waals surface area contributed by atoms with E-state index in [-0.39, 0.29) is 11.6 Å². The molecule has 2 aromatic heterocycles. The van der Waals surface area contributed by atoms with Crippen molar-refractivity contribution in [3.05, 3.63) is 87.5 Å². The predicted molar refractivity (Wildman–Crippen MR) is 116 cm³/mol. The van der Waals surface area contributed by atoms with Gasteiger partial charge in [0.2, 0.25) is 5.82 Å². The molecule has 8 heteroatoms. The largest absolute Gasteiger partial charge is 0.370 e. The number of H-pyrrole nitrogens is 1. The molecule has 4 aromatic rings. The van der Waals surface area contributed by atoms with Crippen LogP contribution in [0.3, 0.4) is 0 Å². The molecular weight excluding hydrogens is 392 g/mol. The maximum Gasteiger partial charge on any atom is 0.258 e. The van der Waals surface area contributed by atoms with E-state index in [4.69, 9.17) is 4.74 Å². The van der Waals surface area contributed by atoms with E-state index in [1.54, 1.807) is 0 Å². The number of pyridine rings is 1. The maximum atomic E-state index is 13.2. The number of quaternary nitrogens is 1. The number of rotatable bonds is 5. The number of nitrogens with zero attached hydrogens (tertiary/aromatic N) is 4. The SMILES string of the molecule is Cc1ccc2[nH]c(=O)c([C@H](c3nnnn3Cc3ccccc3)[NH+]3CCOCC3)cc2c1. The molecule has 5 rings (SSSR count). The van der Waals surface area contributed by atoms with Gasteiger partial charge in [-0.1, -0.05) is 42.0 Å². The normalized spacial score (nSPS) is 15.9. The smallest absolute Gasteiger partial charge is 0.258 e. The van der Waals surface area contributed by atoms with E-state index in [9.17, 15) is 4.79 Å². The van der Waals surface area contributed by atoms with Crippen LogP contribution in [0.15, 0.2) is 59.4 Å². The van der Waals surface area contributed by atoms with E-state index >= 15 is 0 Å². The Morgan fingerprint density at radius 1 is 1.13 bits per heavy atom. The number of morpholine rings is 1. The fraction of sp³-hybridized carbons (Fsp3) is 0.304. The van der Waals surface area contributed by atoms with Crippen molar-refractivity contribution in [2.24, 2.45) is 0 Å². The minimum atomic E-state index is -0.281. The van der Waals surface area contributed by atoms with Gasteiger partial charge < -0.3 is 14.6 Å². The van der Waals surface area contributed by atoms with Gasteiger partial charge in [0.15, 0.2) is 6.04 Å². The van der Waals surface area contributed by atoms with Gasteiger partial charge in [0.25, 0.3) is 5.56 Å². The second kappa shape index (κ2) is 8.41. The van der Waals surface area contributed by atoms with Crippen molar-refractivity contribution in [3.63, 3.8) is 0 Å². The molecule has 0 saturated carbocycles. The number of hydrogen-bond donors (Lipinski definition) is 2. The molecule has 1 aliphatic heterocycles. The first kappa shape index (κ1) is 19.6. The molecule has 1 saturated heterocycles. The van der Waals surface area contributed by atoms with Crippen molar-refractivity contribution < 1.29 is 9.64 Å². The number of aromatic nitrogens is 5. The molecule has 0 unspecified atom stereocenters. The molecule has 2 N–H and O–H groups in total. The molecule has 1 atom stereocenters. The van der Waals surface area contributed by atoms with Crippen LogP contribution >= 0.6 is 0 Å². The molecule has 0 spiro atoms. The average molecular weight is 417 g/mol. The number of tetrazole rings is 1. The molecule has 8 nitrogen and oxygen atoms in total. The first-order valence-corrected chi connectivity index (χ1v) is 10.5. The zero-order valence-corrected chi connectivity index (χ0v) is 17.4. The first-order chi connectivity index (χ1) is 15.2. The number of benzene rings is 2. The lowest BCUT2D eigenvalue weighted by atomic mass is 10.0. The van der Waals surface area contributed by atoms with E-state index in [0.717, 1.165) is 35.1 Å². The van der Waals surface area contributed by atoms with Crippen LogP contribution in [0.1, 0.15) is 28.6 Å². The van der Waals surface area contributed by atoms with Gasteiger partial charge in [-0.2, -0.15) is 0 Å². The summed E-state index contributed by atoms with van der Waals surface area (Å²) < 4.78 is 7.39. The molecule has 0 amide bonds. The topological polar surface area (TPSA) is 90.1 Å². The van der Waals surface area contributed by atoms with Gasteiger partial charge in [-0.15, -0.1) is 5.10 Å². The van der Waals surface area contributed by atoms with Gasteiger partial charge in [-0.05, 0) is 46.5 Å². The molecule has 0 bridgehead atoms. The van der Waals surface area contributed by atoms with Crippen LogP contribution in [0.25, 0.3) is 10.9 Å². The zero-order chi connectivity index (χ0) is 21.2. The second-order valence-electron chi connectivity index (χ2n) is 8.03. The Morgan fingerprint density at radius 3 is 2.74 bits per heavy atom. The molecule has 0 aliphatic carbocycles. The number of fused-ring (bicyclic) bond motifs is 1. The van der Waals surface area contributed by atoms with Gasteiger partial charge >= 0.3 is 0 Å². The highest BCUT2D eigenvalue weighted by molar-refractivity contribution is 5.79. The molecule has 2 aromatic carbocycles. The van der Waals surface area contributed by atoms with E-state index in [2.05, 4.69) is 33.5 Å². The fourth-order valence-corrected chi connectivity index (χ4v) is 4.31. The zero-order valence-electron chi connectivity index (χ0n) is 17.4. The summed E-state index contributed by atoms with van der Waals surface area (Å²) in [6, 6.07) is 17.8. The first-order valence-electron chi connectivity index (χ1n) is 10.5. The Kier molecular flexibility index (Phi) is 5.31. The average Bonchev–Trinajstić information content (AvgIpc) is 3.24. The van der Waals surface area contributed by atoms with E-state index in [1.165, 1.54) is 4.90 Å². The lowest BCUT2D eigenvalue weighted by molar-refractivity contribution is -0.933. The molecular formula is C23H25N6O2+. The number of hydrogen-bond acceptors (Lipinski definition) is 5. The van der Waals surface area contributed by atoms with Crippen molar-refractivity contribution >= 4 is 10.9 Å². The van der Waals surface area contributed by atoms with Gasteiger partial charge in [0.1, 0.15) is 13.1 Å². The summed E-state index contributed by atoms with van der Waals surface area (Å²) in [7, 11) is 0. The van der Waals surface area contributed by atoms with Crippen molar-refractivity contribution in [1.82, 2.24) is 25.2 Å². The molecule has 3 heterocycles.